The summed E-state index contributed by atoms with van der Waals surface area (Å²) < 4.78 is 0. The lowest BCUT2D eigenvalue weighted by atomic mass is 10.0. The van der Waals surface area contributed by atoms with Gasteiger partial charge in [-0.15, -0.1) is 0 Å². The molecule has 0 aromatic heterocycles. The molecule has 1 fully saturated rings. The minimum Gasteiger partial charge on any atom is -0.314 e. The Hall–Kier alpha value is -0.280. The van der Waals surface area contributed by atoms with Gasteiger partial charge in [0, 0.05) is 25.2 Å². The minimum atomic E-state index is 0.377. The molecule has 1 aliphatic rings. The van der Waals surface area contributed by atoms with Crippen LogP contribution in [0.4, 0.5) is 0 Å². The van der Waals surface area contributed by atoms with Crippen LogP contribution in [0.15, 0.2) is 18.2 Å². The lowest BCUT2D eigenvalue weighted by molar-refractivity contribution is 0.110. The molecule has 2 nitrogen and oxygen atoms in total. The van der Waals surface area contributed by atoms with E-state index < -0.39 is 0 Å². The molecule has 94 valence electrons. The fraction of sp³-hybridized carbons (Fsp3) is 0.538. The highest BCUT2D eigenvalue weighted by Gasteiger charge is 2.27. The van der Waals surface area contributed by atoms with Crippen molar-refractivity contribution in [1.82, 2.24) is 10.2 Å². The van der Waals surface area contributed by atoms with Crippen LogP contribution < -0.4 is 5.32 Å². The van der Waals surface area contributed by atoms with Crippen molar-refractivity contribution >= 4 is 23.2 Å². The molecule has 1 aromatic carbocycles. The van der Waals surface area contributed by atoms with Crippen LogP contribution in [0.1, 0.15) is 25.5 Å². The van der Waals surface area contributed by atoms with Crippen molar-refractivity contribution in [2.45, 2.75) is 25.9 Å². The molecule has 2 rings (SSSR count). The summed E-state index contributed by atoms with van der Waals surface area (Å²) in [5.41, 5.74) is 1.23. The third kappa shape index (κ3) is 2.76. The Morgan fingerprint density at radius 2 is 2.06 bits per heavy atom. The molecule has 1 heterocycles. The second-order valence-electron chi connectivity index (χ2n) is 4.49. The fourth-order valence-corrected chi connectivity index (χ4v) is 2.63. The highest BCUT2D eigenvalue weighted by molar-refractivity contribution is 6.42. The molecule has 1 atom stereocenters. The highest BCUT2D eigenvalue weighted by atomic mass is 35.5. The Bertz CT molecular complexity index is 391. The molecule has 0 aliphatic carbocycles. The molecule has 4 heteroatoms. The van der Waals surface area contributed by atoms with Crippen molar-refractivity contribution in [2.24, 2.45) is 0 Å². The Balaban J connectivity index is 2.16. The number of halogens is 2. The summed E-state index contributed by atoms with van der Waals surface area (Å²) >= 11 is 12.0. The monoisotopic (exact) mass is 272 g/mol. The minimum absolute atomic E-state index is 0.377. The molecule has 1 N–H and O–H groups in total. The van der Waals surface area contributed by atoms with Gasteiger partial charge >= 0.3 is 0 Å². The molecule has 1 saturated heterocycles. The summed E-state index contributed by atoms with van der Waals surface area (Å²) in [6, 6.07) is 6.94. The number of benzene rings is 1. The van der Waals surface area contributed by atoms with Crippen LogP contribution in [-0.2, 0) is 0 Å². The zero-order valence-electron chi connectivity index (χ0n) is 10.2. The van der Waals surface area contributed by atoms with Gasteiger partial charge in [0.05, 0.1) is 10.0 Å². The standard InChI is InChI=1S/C13H18Cl2N2/c1-3-17(11-7-16-8-11)9(2)10-4-5-12(14)13(15)6-10/h4-6,9,11,16H,3,7-8H2,1-2H3. The van der Waals surface area contributed by atoms with E-state index in [1.165, 1.54) is 5.56 Å². The van der Waals surface area contributed by atoms with Gasteiger partial charge in [0.2, 0.25) is 0 Å². The van der Waals surface area contributed by atoms with Gasteiger partial charge in [-0.2, -0.15) is 0 Å². The molecule has 1 aliphatic heterocycles. The summed E-state index contributed by atoms with van der Waals surface area (Å²) in [5.74, 6) is 0. The molecular formula is C13H18Cl2N2. The number of nitrogens with one attached hydrogen (secondary N) is 1. The number of rotatable bonds is 4. The first-order valence-corrected chi connectivity index (χ1v) is 6.80. The van der Waals surface area contributed by atoms with Crippen molar-refractivity contribution < 1.29 is 0 Å². The maximum absolute atomic E-state index is 6.07. The van der Waals surface area contributed by atoms with E-state index in [0.717, 1.165) is 19.6 Å². The SMILES string of the molecule is CCN(C1CNC1)C(C)c1ccc(Cl)c(Cl)c1. The summed E-state index contributed by atoms with van der Waals surface area (Å²) in [4.78, 5) is 2.50. The van der Waals surface area contributed by atoms with E-state index >= 15 is 0 Å². The second kappa shape index (κ2) is 5.57. The molecule has 1 aromatic rings. The van der Waals surface area contributed by atoms with Crippen LogP contribution in [0.3, 0.4) is 0 Å². The molecular weight excluding hydrogens is 255 g/mol. The van der Waals surface area contributed by atoms with Gasteiger partial charge < -0.3 is 5.32 Å². The molecule has 17 heavy (non-hydrogen) atoms. The Labute approximate surface area is 113 Å². The first kappa shape index (κ1) is 13.2. The van der Waals surface area contributed by atoms with Crippen LogP contribution in [0, 0.1) is 0 Å². The lowest BCUT2D eigenvalue weighted by Gasteiger charge is -2.41. The summed E-state index contributed by atoms with van der Waals surface area (Å²) in [7, 11) is 0. The number of nitrogens with zero attached hydrogens (tertiary/aromatic N) is 1. The molecule has 0 radical (unpaired) electrons. The molecule has 0 spiro atoms. The molecule has 0 saturated carbocycles. The third-order valence-corrected chi connectivity index (χ3v) is 4.26. The summed E-state index contributed by atoms with van der Waals surface area (Å²) in [6.07, 6.45) is 0. The maximum atomic E-state index is 6.07. The average Bonchev–Trinajstić information content (AvgIpc) is 2.26. The third-order valence-electron chi connectivity index (χ3n) is 3.52. The van der Waals surface area contributed by atoms with Crippen molar-refractivity contribution in [3.8, 4) is 0 Å². The first-order chi connectivity index (χ1) is 8.13. The fourth-order valence-electron chi connectivity index (χ4n) is 2.32. The second-order valence-corrected chi connectivity index (χ2v) is 5.31. The molecule has 1 unspecified atom stereocenters. The topological polar surface area (TPSA) is 15.3 Å². The summed E-state index contributed by atoms with van der Waals surface area (Å²) in [5, 5.41) is 4.57. The molecule has 0 bridgehead atoms. The van der Waals surface area contributed by atoms with Crippen LogP contribution in [0.5, 0.6) is 0 Å². The van der Waals surface area contributed by atoms with Crippen LogP contribution in [0.2, 0.25) is 10.0 Å². The van der Waals surface area contributed by atoms with Gasteiger partial charge in [0.15, 0.2) is 0 Å². The largest absolute Gasteiger partial charge is 0.314 e. The lowest BCUT2D eigenvalue weighted by Crippen LogP contribution is -2.57. The van der Waals surface area contributed by atoms with E-state index in [1.54, 1.807) is 0 Å². The average molecular weight is 273 g/mol. The highest BCUT2D eigenvalue weighted by Crippen LogP contribution is 2.29. The van der Waals surface area contributed by atoms with E-state index in [-0.39, 0.29) is 0 Å². The van der Waals surface area contributed by atoms with Crippen molar-refractivity contribution in [3.63, 3.8) is 0 Å². The quantitative estimate of drug-likeness (QED) is 0.905. The van der Waals surface area contributed by atoms with Crippen LogP contribution in [0.25, 0.3) is 0 Å². The Kier molecular flexibility index (Phi) is 4.31. The van der Waals surface area contributed by atoms with Crippen molar-refractivity contribution in [3.05, 3.63) is 33.8 Å². The zero-order chi connectivity index (χ0) is 12.4. The normalized spacial score (nSPS) is 18.2. The van der Waals surface area contributed by atoms with Crippen molar-refractivity contribution in [2.75, 3.05) is 19.6 Å². The van der Waals surface area contributed by atoms with Gasteiger partial charge in [0.1, 0.15) is 0 Å². The number of likely N-dealkylation sites (N-methyl/N-ethyl adjacent to an activating group) is 1. The van der Waals surface area contributed by atoms with E-state index in [4.69, 9.17) is 23.2 Å². The Morgan fingerprint density at radius 3 is 2.53 bits per heavy atom. The number of hydrogen-bond donors (Lipinski definition) is 1. The van der Waals surface area contributed by atoms with Crippen molar-refractivity contribution in [1.29, 1.82) is 0 Å². The zero-order valence-corrected chi connectivity index (χ0v) is 11.7. The first-order valence-electron chi connectivity index (χ1n) is 6.05. The Morgan fingerprint density at radius 1 is 1.35 bits per heavy atom. The van der Waals surface area contributed by atoms with Crippen LogP contribution in [-0.4, -0.2) is 30.6 Å². The smallest absolute Gasteiger partial charge is 0.0595 e. The maximum Gasteiger partial charge on any atom is 0.0595 e. The van der Waals surface area contributed by atoms with E-state index in [1.807, 2.05) is 12.1 Å². The van der Waals surface area contributed by atoms with Gasteiger partial charge in [-0.3, -0.25) is 4.90 Å². The van der Waals surface area contributed by atoms with E-state index in [9.17, 15) is 0 Å². The number of hydrogen-bond acceptors (Lipinski definition) is 2. The predicted molar refractivity (Wildman–Crippen MR) is 73.9 cm³/mol. The van der Waals surface area contributed by atoms with E-state index in [2.05, 4.69) is 30.1 Å². The predicted octanol–water partition coefficient (Wildman–Crippen LogP) is 3.35. The van der Waals surface area contributed by atoms with E-state index in [0.29, 0.717) is 22.1 Å². The summed E-state index contributed by atoms with van der Waals surface area (Å²) in [6.45, 7) is 7.64. The van der Waals surface area contributed by atoms with Crippen LogP contribution >= 0.6 is 23.2 Å². The van der Waals surface area contributed by atoms with Gasteiger partial charge in [0.25, 0.3) is 0 Å². The van der Waals surface area contributed by atoms with Gasteiger partial charge in [-0.1, -0.05) is 36.2 Å². The van der Waals surface area contributed by atoms with Gasteiger partial charge in [-0.25, -0.2) is 0 Å². The molecule has 0 amide bonds. The van der Waals surface area contributed by atoms with Gasteiger partial charge in [-0.05, 0) is 31.2 Å².